The summed E-state index contributed by atoms with van der Waals surface area (Å²) in [4.78, 5) is 3.33. The molecule has 1 saturated carbocycles. The van der Waals surface area contributed by atoms with Crippen LogP contribution in [-0.4, -0.2) is 48.7 Å². The second kappa shape index (κ2) is 9.56. The summed E-state index contributed by atoms with van der Waals surface area (Å²) < 4.78 is 62.7. The number of alkyl halides is 2. The first-order valence-corrected chi connectivity index (χ1v) is 17.5. The fourth-order valence-electron chi connectivity index (χ4n) is 3.26. The zero-order valence-electron chi connectivity index (χ0n) is 19.2. The molecule has 0 saturated heterocycles. The Balaban J connectivity index is 1.77. The van der Waals surface area contributed by atoms with Crippen LogP contribution >= 0.6 is 27.3 Å². The molecular formula is C20H23BrF2N6O3S2Si. The summed E-state index contributed by atoms with van der Waals surface area (Å²) in [5.74, 6) is 0. The minimum absolute atomic E-state index is 0.0779. The molecule has 2 aromatic heterocycles. The number of fused-ring (bicyclic) bond motifs is 1. The first kappa shape index (κ1) is 26.2. The first-order valence-electron chi connectivity index (χ1n) is 10.7. The van der Waals surface area contributed by atoms with Gasteiger partial charge in [0.1, 0.15) is 12.4 Å². The highest BCUT2D eigenvalue weighted by Crippen LogP contribution is 2.40. The predicted octanol–water partition coefficient (Wildman–Crippen LogP) is 5.25. The second-order valence-corrected chi connectivity index (χ2v) is 18.7. The van der Waals surface area contributed by atoms with Crippen LogP contribution in [0.1, 0.15) is 24.3 Å². The predicted molar refractivity (Wildman–Crippen MR) is 134 cm³/mol. The Morgan fingerprint density at radius 3 is 2.63 bits per heavy atom. The van der Waals surface area contributed by atoms with Crippen molar-refractivity contribution in [3.05, 3.63) is 33.0 Å². The van der Waals surface area contributed by atoms with Crippen LogP contribution in [0.3, 0.4) is 0 Å². The van der Waals surface area contributed by atoms with Gasteiger partial charge in [0.25, 0.3) is 12.1 Å². The van der Waals surface area contributed by atoms with Crippen LogP contribution in [0.2, 0.25) is 25.7 Å². The molecule has 35 heavy (non-hydrogen) atoms. The number of halogens is 3. The van der Waals surface area contributed by atoms with Gasteiger partial charge < -0.3 is 4.74 Å². The number of nitrogens with zero attached hydrogens (tertiary/aromatic N) is 5. The average molecular weight is 606 g/mol. The molecule has 0 amide bonds. The van der Waals surface area contributed by atoms with E-state index >= 15 is 0 Å². The van der Waals surface area contributed by atoms with Crippen LogP contribution in [0, 0.1) is 6.57 Å². The lowest BCUT2D eigenvalue weighted by Crippen LogP contribution is -2.34. The van der Waals surface area contributed by atoms with Gasteiger partial charge in [0.15, 0.2) is 10.0 Å². The van der Waals surface area contributed by atoms with Gasteiger partial charge in [0, 0.05) is 24.5 Å². The van der Waals surface area contributed by atoms with Crippen molar-refractivity contribution in [1.29, 1.82) is 0 Å². The van der Waals surface area contributed by atoms with E-state index in [9.17, 15) is 17.2 Å². The van der Waals surface area contributed by atoms with Crippen molar-refractivity contribution < 1.29 is 21.9 Å². The van der Waals surface area contributed by atoms with Gasteiger partial charge >= 0.3 is 0 Å². The number of hydrogen-bond acceptors (Lipinski definition) is 7. The summed E-state index contributed by atoms with van der Waals surface area (Å²) >= 11 is 4.14. The fraction of sp³-hybridized carbons (Fsp3) is 0.500. The lowest BCUT2D eigenvalue weighted by molar-refractivity contribution is 0.0818. The third kappa shape index (κ3) is 5.78. The lowest BCUT2D eigenvalue weighted by atomic mass is 10.2. The van der Waals surface area contributed by atoms with Crippen molar-refractivity contribution in [2.75, 3.05) is 6.61 Å². The number of nitrogens with one attached hydrogen (secondary N) is 1. The molecule has 0 atom stereocenters. The number of benzene rings is 1. The molecule has 0 spiro atoms. The number of ether oxygens (including phenoxy) is 1. The number of sulfonamides is 1. The molecule has 1 aliphatic rings. The summed E-state index contributed by atoms with van der Waals surface area (Å²) in [6.07, 6.45) is -1.90. The van der Waals surface area contributed by atoms with Gasteiger partial charge in [-0.05, 0) is 34.1 Å². The number of aromatic nitrogens is 4. The van der Waals surface area contributed by atoms with Crippen molar-refractivity contribution in [3.63, 3.8) is 0 Å². The van der Waals surface area contributed by atoms with E-state index in [4.69, 9.17) is 11.3 Å². The zero-order chi connectivity index (χ0) is 25.6. The van der Waals surface area contributed by atoms with E-state index in [2.05, 4.69) is 60.4 Å². The molecule has 0 unspecified atom stereocenters. The standard InChI is InChI=1S/C20H23BrF2N6O3S2Si/c1-24-20(5-6-20)28-34(30,31)12-9-13-15(18-25-26-19(33-18)17(22)23)27-29(16(13)14(21)10-12)11-32-7-8-35(2,3)4/h9-10,17,28H,5-8,11H2,2-4H3. The molecular weight excluding hydrogens is 582 g/mol. The molecule has 0 aliphatic heterocycles. The van der Waals surface area contributed by atoms with Gasteiger partial charge in [-0.15, -0.1) is 14.9 Å². The summed E-state index contributed by atoms with van der Waals surface area (Å²) in [6, 6.07) is 3.79. The monoisotopic (exact) mass is 604 g/mol. The molecule has 1 fully saturated rings. The second-order valence-electron chi connectivity index (χ2n) is 9.49. The van der Waals surface area contributed by atoms with Gasteiger partial charge in [-0.1, -0.05) is 31.0 Å². The Kier molecular flexibility index (Phi) is 7.17. The molecule has 0 bridgehead atoms. The molecule has 1 aliphatic carbocycles. The zero-order valence-corrected chi connectivity index (χ0v) is 23.4. The summed E-state index contributed by atoms with van der Waals surface area (Å²) in [7, 11) is -5.33. The lowest BCUT2D eigenvalue weighted by Gasteiger charge is -2.15. The minimum atomic E-state index is -4.03. The molecule has 15 heteroatoms. The maximum Gasteiger partial charge on any atom is 0.299 e. The Hall–Kier alpha value is -1.83. The van der Waals surface area contributed by atoms with Crippen LogP contribution < -0.4 is 4.72 Å². The SMILES string of the molecule is [C-]#[N+]C1(NS(=O)(=O)c2cc(Br)c3c(c2)c(-c2nnc(C(F)F)s2)nn3COCC[Si](C)(C)C)CC1. The van der Waals surface area contributed by atoms with Gasteiger partial charge in [-0.25, -0.2) is 28.5 Å². The van der Waals surface area contributed by atoms with Crippen LogP contribution in [0.4, 0.5) is 8.78 Å². The van der Waals surface area contributed by atoms with Gasteiger partial charge in [0.05, 0.1) is 23.3 Å². The topological polar surface area (TPSA) is 103 Å². The molecule has 1 N–H and O–H groups in total. The van der Waals surface area contributed by atoms with E-state index in [1.165, 1.54) is 12.1 Å². The smallest absolute Gasteiger partial charge is 0.299 e. The first-order chi connectivity index (χ1) is 16.3. The normalized spacial score (nSPS) is 15.6. The fourth-order valence-corrected chi connectivity index (χ4v) is 6.95. The molecule has 4 rings (SSSR count). The van der Waals surface area contributed by atoms with Crippen molar-refractivity contribution in [2.45, 2.75) is 62.2 Å². The number of rotatable bonds is 10. The van der Waals surface area contributed by atoms with Gasteiger partial charge in [0.2, 0.25) is 10.0 Å². The maximum atomic E-state index is 13.1. The Bertz CT molecular complexity index is 1410. The Labute approximate surface area is 214 Å². The molecule has 2 heterocycles. The number of hydrogen-bond donors (Lipinski definition) is 1. The Morgan fingerprint density at radius 2 is 2.06 bits per heavy atom. The van der Waals surface area contributed by atoms with Crippen LogP contribution in [-0.2, 0) is 21.5 Å². The average Bonchev–Trinajstić information content (AvgIpc) is 3.19. The molecule has 188 valence electrons. The molecule has 1 aromatic carbocycles. The summed E-state index contributed by atoms with van der Waals surface area (Å²) in [6.45, 7) is 14.6. The highest BCUT2D eigenvalue weighted by atomic mass is 79.9. The van der Waals surface area contributed by atoms with Gasteiger partial charge in [-0.3, -0.25) is 4.85 Å². The van der Waals surface area contributed by atoms with E-state index in [0.29, 0.717) is 46.2 Å². The third-order valence-corrected chi connectivity index (χ3v) is 10.1. The van der Waals surface area contributed by atoms with E-state index in [-0.39, 0.29) is 22.3 Å². The van der Waals surface area contributed by atoms with Crippen molar-refractivity contribution in [2.24, 2.45) is 0 Å². The van der Waals surface area contributed by atoms with Gasteiger partial charge in [-0.2, -0.15) is 5.10 Å². The van der Waals surface area contributed by atoms with Crippen LogP contribution in [0.5, 0.6) is 0 Å². The largest absolute Gasteiger partial charge is 0.360 e. The minimum Gasteiger partial charge on any atom is -0.360 e. The van der Waals surface area contributed by atoms with E-state index in [1.54, 1.807) is 4.68 Å². The Morgan fingerprint density at radius 1 is 1.34 bits per heavy atom. The van der Waals surface area contributed by atoms with Crippen LogP contribution in [0.15, 0.2) is 21.5 Å². The molecule has 3 aromatic rings. The molecule has 9 nitrogen and oxygen atoms in total. The third-order valence-electron chi connectivity index (χ3n) is 5.38. The quantitative estimate of drug-likeness (QED) is 0.192. The van der Waals surface area contributed by atoms with Crippen molar-refractivity contribution >= 4 is 56.3 Å². The highest BCUT2D eigenvalue weighted by Gasteiger charge is 2.54. The summed E-state index contributed by atoms with van der Waals surface area (Å²) in [5, 5.41) is 12.0. The van der Waals surface area contributed by atoms with E-state index < -0.39 is 35.2 Å². The van der Waals surface area contributed by atoms with E-state index in [0.717, 1.165) is 6.04 Å². The van der Waals surface area contributed by atoms with Crippen molar-refractivity contribution in [1.82, 2.24) is 24.7 Å². The van der Waals surface area contributed by atoms with Crippen molar-refractivity contribution in [3.8, 4) is 10.7 Å². The highest BCUT2D eigenvalue weighted by molar-refractivity contribution is 9.10. The molecule has 0 radical (unpaired) electrons. The van der Waals surface area contributed by atoms with Crippen LogP contribution in [0.25, 0.3) is 26.4 Å². The summed E-state index contributed by atoms with van der Waals surface area (Å²) in [5.41, 5.74) is -0.350. The van der Waals surface area contributed by atoms with E-state index in [1.807, 2.05) is 0 Å². The maximum absolute atomic E-state index is 13.1.